The summed E-state index contributed by atoms with van der Waals surface area (Å²) in [6.07, 6.45) is 5.63. The van der Waals surface area contributed by atoms with Crippen molar-refractivity contribution in [2.24, 2.45) is 0 Å². The Morgan fingerprint density at radius 1 is 0.903 bits per heavy atom. The van der Waals surface area contributed by atoms with E-state index in [0.717, 1.165) is 22.8 Å². The molecule has 1 N–H and O–H groups in total. The molecule has 0 saturated carbocycles. The van der Waals surface area contributed by atoms with Crippen LogP contribution in [-0.2, 0) is 6.54 Å². The zero-order valence-corrected chi connectivity index (χ0v) is 17.4. The second-order valence-corrected chi connectivity index (χ2v) is 7.74. The molecule has 0 unspecified atom stereocenters. The van der Waals surface area contributed by atoms with E-state index in [1.807, 2.05) is 53.6 Å². The summed E-state index contributed by atoms with van der Waals surface area (Å²) in [4.78, 5) is 11.1. The predicted octanol–water partition coefficient (Wildman–Crippen LogP) is 4.64. The quantitative estimate of drug-likeness (QED) is 0.468. The number of benzene rings is 1. The molecule has 5 rings (SSSR count). The zero-order valence-electron chi connectivity index (χ0n) is 16.6. The molecule has 1 aliphatic heterocycles. The molecule has 31 heavy (non-hydrogen) atoms. The Balaban J connectivity index is 1.60. The first kappa shape index (κ1) is 19.4. The molecular formula is C24H20FN5S. The summed E-state index contributed by atoms with van der Waals surface area (Å²) in [6, 6.07) is 22.0. The van der Waals surface area contributed by atoms with Crippen LogP contribution in [0, 0.1) is 5.82 Å². The highest BCUT2D eigenvalue weighted by molar-refractivity contribution is 7.80. The lowest BCUT2D eigenvalue weighted by Crippen LogP contribution is -2.30. The number of rotatable bonds is 5. The molecular weight excluding hydrogens is 409 g/mol. The van der Waals surface area contributed by atoms with Gasteiger partial charge in [-0.3, -0.25) is 9.97 Å². The summed E-state index contributed by atoms with van der Waals surface area (Å²) < 4.78 is 15.8. The molecule has 4 heterocycles. The smallest absolute Gasteiger partial charge is 0.174 e. The first-order valence-corrected chi connectivity index (χ1v) is 10.4. The van der Waals surface area contributed by atoms with Crippen LogP contribution in [0.3, 0.4) is 0 Å². The van der Waals surface area contributed by atoms with Gasteiger partial charge in [-0.25, -0.2) is 4.39 Å². The Kier molecular flexibility index (Phi) is 5.18. The molecule has 1 saturated heterocycles. The lowest BCUT2D eigenvalue weighted by molar-refractivity contribution is 0.532. The maximum absolute atomic E-state index is 13.6. The van der Waals surface area contributed by atoms with Crippen molar-refractivity contribution in [2.45, 2.75) is 18.6 Å². The molecule has 1 fully saturated rings. The third kappa shape index (κ3) is 3.80. The number of pyridine rings is 2. The van der Waals surface area contributed by atoms with Gasteiger partial charge in [-0.2, -0.15) is 0 Å². The predicted molar refractivity (Wildman–Crippen MR) is 122 cm³/mol. The van der Waals surface area contributed by atoms with E-state index in [-0.39, 0.29) is 17.9 Å². The molecule has 4 aromatic rings. The third-order valence-corrected chi connectivity index (χ3v) is 5.74. The van der Waals surface area contributed by atoms with Crippen LogP contribution < -0.4 is 10.2 Å². The summed E-state index contributed by atoms with van der Waals surface area (Å²) in [5.41, 5.74) is 3.76. The van der Waals surface area contributed by atoms with Gasteiger partial charge < -0.3 is 14.8 Å². The second kappa shape index (κ2) is 8.28. The molecule has 1 aliphatic rings. The monoisotopic (exact) mass is 429 g/mol. The van der Waals surface area contributed by atoms with E-state index < -0.39 is 0 Å². The summed E-state index contributed by atoms with van der Waals surface area (Å²) in [6.45, 7) is 0.638. The number of thiocarbonyl (C=S) groups is 1. The highest BCUT2D eigenvalue weighted by Crippen LogP contribution is 2.41. The summed E-state index contributed by atoms with van der Waals surface area (Å²) in [7, 11) is 0. The van der Waals surface area contributed by atoms with Crippen LogP contribution in [0.5, 0.6) is 0 Å². The largest absolute Gasteiger partial charge is 0.351 e. The molecule has 154 valence electrons. The van der Waals surface area contributed by atoms with E-state index in [4.69, 9.17) is 12.2 Å². The van der Waals surface area contributed by atoms with Crippen LogP contribution >= 0.6 is 12.2 Å². The molecule has 2 atom stereocenters. The van der Waals surface area contributed by atoms with Gasteiger partial charge in [0.1, 0.15) is 11.9 Å². The maximum atomic E-state index is 13.6. The Morgan fingerprint density at radius 3 is 2.39 bits per heavy atom. The van der Waals surface area contributed by atoms with E-state index in [0.29, 0.717) is 11.7 Å². The van der Waals surface area contributed by atoms with Crippen molar-refractivity contribution in [3.8, 4) is 0 Å². The van der Waals surface area contributed by atoms with Gasteiger partial charge >= 0.3 is 0 Å². The van der Waals surface area contributed by atoms with Gasteiger partial charge in [0.2, 0.25) is 0 Å². The van der Waals surface area contributed by atoms with Crippen molar-refractivity contribution in [2.75, 3.05) is 4.90 Å². The fourth-order valence-corrected chi connectivity index (χ4v) is 4.39. The van der Waals surface area contributed by atoms with Gasteiger partial charge in [-0.15, -0.1) is 0 Å². The SMILES string of the molecule is Fc1ccc(N2C(=S)N[C@H](c3ccccn3)[C@@H]2c2cccn2Cc2ccccn2)cc1. The average molecular weight is 430 g/mol. The summed E-state index contributed by atoms with van der Waals surface area (Å²) in [5.74, 6) is -0.279. The number of nitrogens with one attached hydrogen (secondary N) is 1. The average Bonchev–Trinajstić information content (AvgIpc) is 3.39. The van der Waals surface area contributed by atoms with E-state index in [2.05, 4.69) is 25.9 Å². The summed E-state index contributed by atoms with van der Waals surface area (Å²) in [5, 5.41) is 4.02. The Labute approximate surface area is 185 Å². The van der Waals surface area contributed by atoms with E-state index in [9.17, 15) is 4.39 Å². The van der Waals surface area contributed by atoms with Crippen LogP contribution in [0.4, 0.5) is 10.1 Å². The highest BCUT2D eigenvalue weighted by atomic mass is 32.1. The minimum Gasteiger partial charge on any atom is -0.351 e. The van der Waals surface area contributed by atoms with Crippen molar-refractivity contribution >= 4 is 23.0 Å². The lowest BCUT2D eigenvalue weighted by atomic mass is 10.0. The van der Waals surface area contributed by atoms with Crippen LogP contribution in [0.1, 0.15) is 29.2 Å². The maximum Gasteiger partial charge on any atom is 0.174 e. The van der Waals surface area contributed by atoms with Gasteiger partial charge in [-0.05, 0) is 72.9 Å². The normalized spacial score (nSPS) is 18.2. The highest BCUT2D eigenvalue weighted by Gasteiger charge is 2.42. The molecule has 0 bridgehead atoms. The van der Waals surface area contributed by atoms with Crippen LogP contribution in [0.2, 0.25) is 0 Å². The molecule has 0 aliphatic carbocycles. The molecule has 0 spiro atoms. The number of halogens is 1. The van der Waals surface area contributed by atoms with Crippen molar-refractivity contribution in [3.05, 3.63) is 114 Å². The molecule has 0 radical (unpaired) electrons. The Morgan fingerprint density at radius 2 is 1.68 bits per heavy atom. The van der Waals surface area contributed by atoms with Crippen LogP contribution in [0.15, 0.2) is 91.4 Å². The van der Waals surface area contributed by atoms with Gasteiger partial charge in [0.15, 0.2) is 5.11 Å². The topological polar surface area (TPSA) is 46.0 Å². The fraction of sp³-hybridized carbons (Fsp3) is 0.125. The standard InChI is InChI=1S/C24H20FN5S/c25-17-9-11-19(12-10-17)30-23(22(28-24(30)31)20-7-2-4-14-27-20)21-8-5-15-29(21)16-18-6-1-3-13-26-18/h1-15,22-23H,16H2,(H,28,31)/t22-,23+/m1/s1. The van der Waals surface area contributed by atoms with Gasteiger partial charge in [0.05, 0.1) is 24.0 Å². The molecule has 5 nitrogen and oxygen atoms in total. The summed E-state index contributed by atoms with van der Waals surface area (Å²) >= 11 is 5.73. The minimum absolute atomic E-state index is 0.156. The number of hydrogen-bond donors (Lipinski definition) is 1. The van der Waals surface area contributed by atoms with Crippen LogP contribution in [-0.4, -0.2) is 19.6 Å². The number of anilines is 1. The van der Waals surface area contributed by atoms with Crippen molar-refractivity contribution in [3.63, 3.8) is 0 Å². The minimum atomic E-state index is -0.279. The van der Waals surface area contributed by atoms with E-state index in [1.54, 1.807) is 24.5 Å². The molecule has 7 heteroatoms. The number of hydrogen-bond acceptors (Lipinski definition) is 3. The fourth-order valence-electron chi connectivity index (χ4n) is 4.04. The van der Waals surface area contributed by atoms with Crippen molar-refractivity contribution < 1.29 is 4.39 Å². The molecule has 1 aromatic carbocycles. The molecule has 0 amide bonds. The van der Waals surface area contributed by atoms with Gasteiger partial charge in [0, 0.05) is 30.0 Å². The lowest BCUT2D eigenvalue weighted by Gasteiger charge is -2.29. The second-order valence-electron chi connectivity index (χ2n) is 7.36. The Hall–Kier alpha value is -3.58. The van der Waals surface area contributed by atoms with Crippen molar-refractivity contribution in [1.29, 1.82) is 0 Å². The van der Waals surface area contributed by atoms with Gasteiger partial charge in [0.25, 0.3) is 0 Å². The number of aromatic nitrogens is 3. The van der Waals surface area contributed by atoms with Crippen molar-refractivity contribution in [1.82, 2.24) is 19.9 Å². The zero-order chi connectivity index (χ0) is 21.2. The third-order valence-electron chi connectivity index (χ3n) is 5.43. The van der Waals surface area contributed by atoms with Crippen LogP contribution in [0.25, 0.3) is 0 Å². The number of nitrogens with zero attached hydrogens (tertiary/aromatic N) is 4. The van der Waals surface area contributed by atoms with E-state index in [1.165, 1.54) is 12.1 Å². The van der Waals surface area contributed by atoms with Gasteiger partial charge in [-0.1, -0.05) is 12.1 Å². The Bertz CT molecular complexity index is 1180. The first-order chi connectivity index (χ1) is 15.2. The first-order valence-electron chi connectivity index (χ1n) is 10.0. The molecule has 3 aromatic heterocycles. The van der Waals surface area contributed by atoms with E-state index >= 15 is 0 Å².